The standard InChI is InChI=1S/C15H11BrN2O2/c16-10-6-7-13-12(8-10)14(19)15(20)18(13)9-17-11-4-2-1-3-5-11/h1-8,17H,9H2. The molecule has 1 N–H and O–H groups in total. The van der Waals surface area contributed by atoms with Crippen LogP contribution in [0.2, 0.25) is 0 Å². The summed E-state index contributed by atoms with van der Waals surface area (Å²) < 4.78 is 0.787. The largest absolute Gasteiger partial charge is 0.367 e. The molecule has 1 heterocycles. The molecule has 1 amide bonds. The summed E-state index contributed by atoms with van der Waals surface area (Å²) >= 11 is 3.31. The second-order valence-electron chi connectivity index (χ2n) is 4.42. The topological polar surface area (TPSA) is 49.4 Å². The lowest BCUT2D eigenvalue weighted by Crippen LogP contribution is -2.34. The van der Waals surface area contributed by atoms with Gasteiger partial charge in [0.05, 0.1) is 17.9 Å². The third kappa shape index (κ3) is 2.20. The molecule has 0 spiro atoms. The zero-order valence-corrected chi connectivity index (χ0v) is 12.1. The van der Waals surface area contributed by atoms with Crippen LogP contribution in [0.3, 0.4) is 0 Å². The first-order valence-corrected chi connectivity index (χ1v) is 6.91. The molecule has 1 aliphatic heterocycles. The number of nitrogens with one attached hydrogen (secondary N) is 1. The smallest absolute Gasteiger partial charge is 0.300 e. The number of halogens is 1. The second kappa shape index (κ2) is 5.09. The Balaban J connectivity index is 1.84. The van der Waals surface area contributed by atoms with Gasteiger partial charge >= 0.3 is 5.91 Å². The van der Waals surface area contributed by atoms with Crippen LogP contribution in [0.15, 0.2) is 53.0 Å². The normalized spacial score (nSPS) is 13.6. The van der Waals surface area contributed by atoms with Crippen LogP contribution in [-0.4, -0.2) is 18.4 Å². The highest BCUT2D eigenvalue weighted by Gasteiger charge is 2.35. The number of carbonyl (C=O) groups excluding carboxylic acids is 2. The molecule has 0 radical (unpaired) electrons. The molecular weight excluding hydrogens is 320 g/mol. The van der Waals surface area contributed by atoms with E-state index in [4.69, 9.17) is 0 Å². The van der Waals surface area contributed by atoms with Crippen molar-refractivity contribution >= 4 is 39.0 Å². The first-order chi connectivity index (χ1) is 9.66. The average molecular weight is 331 g/mol. The number of rotatable bonds is 3. The van der Waals surface area contributed by atoms with Crippen LogP contribution in [0.4, 0.5) is 11.4 Å². The summed E-state index contributed by atoms with van der Waals surface area (Å²) in [6, 6.07) is 14.8. The van der Waals surface area contributed by atoms with Crippen molar-refractivity contribution in [2.45, 2.75) is 0 Å². The van der Waals surface area contributed by atoms with Crippen molar-refractivity contribution < 1.29 is 9.59 Å². The minimum absolute atomic E-state index is 0.267. The van der Waals surface area contributed by atoms with Crippen LogP contribution in [-0.2, 0) is 4.79 Å². The summed E-state index contributed by atoms with van der Waals surface area (Å²) in [6.45, 7) is 0.267. The van der Waals surface area contributed by atoms with Crippen molar-refractivity contribution in [1.29, 1.82) is 0 Å². The third-order valence-corrected chi connectivity index (χ3v) is 3.64. The Morgan fingerprint density at radius 2 is 1.80 bits per heavy atom. The molecule has 0 fully saturated rings. The van der Waals surface area contributed by atoms with E-state index in [1.165, 1.54) is 4.90 Å². The van der Waals surface area contributed by atoms with Gasteiger partial charge in [0.2, 0.25) is 0 Å². The highest BCUT2D eigenvalue weighted by Crippen LogP contribution is 2.31. The van der Waals surface area contributed by atoms with E-state index in [1.807, 2.05) is 36.4 Å². The fourth-order valence-corrected chi connectivity index (χ4v) is 2.52. The molecule has 4 nitrogen and oxygen atoms in total. The van der Waals surface area contributed by atoms with Crippen molar-refractivity contribution in [3.8, 4) is 0 Å². The minimum atomic E-state index is -0.499. The van der Waals surface area contributed by atoms with E-state index >= 15 is 0 Å². The fourth-order valence-electron chi connectivity index (χ4n) is 2.16. The number of carbonyl (C=O) groups is 2. The molecule has 20 heavy (non-hydrogen) atoms. The Morgan fingerprint density at radius 1 is 1.05 bits per heavy atom. The lowest BCUT2D eigenvalue weighted by atomic mass is 10.1. The molecule has 0 aromatic heterocycles. The Bertz CT molecular complexity index is 686. The fraction of sp³-hybridized carbons (Fsp3) is 0.0667. The first-order valence-electron chi connectivity index (χ1n) is 6.11. The van der Waals surface area contributed by atoms with Gasteiger partial charge in [0, 0.05) is 10.2 Å². The lowest BCUT2D eigenvalue weighted by Gasteiger charge is -2.18. The Hall–Kier alpha value is -2.14. The highest BCUT2D eigenvalue weighted by atomic mass is 79.9. The first kappa shape index (κ1) is 12.9. The number of benzene rings is 2. The monoisotopic (exact) mass is 330 g/mol. The number of nitrogens with zero attached hydrogens (tertiary/aromatic N) is 1. The average Bonchev–Trinajstić information content (AvgIpc) is 2.70. The third-order valence-electron chi connectivity index (χ3n) is 3.15. The van der Waals surface area contributed by atoms with Gasteiger partial charge in [-0.2, -0.15) is 0 Å². The van der Waals surface area contributed by atoms with Crippen molar-refractivity contribution in [2.24, 2.45) is 0 Å². The molecule has 2 aromatic rings. The maximum absolute atomic E-state index is 12.0. The molecular formula is C15H11BrN2O2. The van der Waals surface area contributed by atoms with Crippen LogP contribution in [0.25, 0.3) is 0 Å². The number of fused-ring (bicyclic) bond motifs is 1. The zero-order valence-electron chi connectivity index (χ0n) is 10.5. The van der Waals surface area contributed by atoms with Crippen LogP contribution in [0, 0.1) is 0 Å². The number of ketones is 1. The van der Waals surface area contributed by atoms with Crippen molar-refractivity contribution in [1.82, 2.24) is 0 Å². The van der Waals surface area contributed by atoms with E-state index in [9.17, 15) is 9.59 Å². The zero-order chi connectivity index (χ0) is 14.1. The Kier molecular flexibility index (Phi) is 3.28. The highest BCUT2D eigenvalue weighted by molar-refractivity contribution is 9.10. The molecule has 1 aliphatic rings. The van der Waals surface area contributed by atoms with Gasteiger partial charge < -0.3 is 5.32 Å². The SMILES string of the molecule is O=C1C(=O)N(CNc2ccccc2)c2ccc(Br)cc21. The van der Waals surface area contributed by atoms with Crippen molar-refractivity contribution in [2.75, 3.05) is 16.9 Å². The van der Waals surface area contributed by atoms with Gasteiger partial charge in [-0.05, 0) is 30.3 Å². The van der Waals surface area contributed by atoms with Gasteiger partial charge in [-0.1, -0.05) is 34.1 Å². The molecule has 5 heteroatoms. The number of hydrogen-bond acceptors (Lipinski definition) is 3. The summed E-state index contributed by atoms with van der Waals surface area (Å²) in [5, 5.41) is 3.13. The lowest BCUT2D eigenvalue weighted by molar-refractivity contribution is -0.114. The molecule has 0 unspecified atom stereocenters. The van der Waals surface area contributed by atoms with Crippen LogP contribution in [0.5, 0.6) is 0 Å². The molecule has 0 saturated carbocycles. The van der Waals surface area contributed by atoms with Crippen LogP contribution >= 0.6 is 15.9 Å². The number of hydrogen-bond donors (Lipinski definition) is 1. The van der Waals surface area contributed by atoms with E-state index in [2.05, 4.69) is 21.2 Å². The summed E-state index contributed by atoms with van der Waals surface area (Å²) in [5.41, 5.74) is 1.99. The summed E-state index contributed by atoms with van der Waals surface area (Å²) in [6.07, 6.45) is 0. The molecule has 0 bridgehead atoms. The predicted molar refractivity (Wildman–Crippen MR) is 80.9 cm³/mol. The van der Waals surface area contributed by atoms with E-state index < -0.39 is 11.7 Å². The number of anilines is 2. The van der Waals surface area contributed by atoms with E-state index in [0.29, 0.717) is 11.3 Å². The van der Waals surface area contributed by atoms with Crippen molar-refractivity contribution in [3.05, 3.63) is 58.6 Å². The van der Waals surface area contributed by atoms with Gasteiger partial charge in [0.15, 0.2) is 0 Å². The maximum Gasteiger partial charge on any atom is 0.300 e. The molecule has 100 valence electrons. The molecule has 0 saturated heterocycles. The Morgan fingerprint density at radius 3 is 2.55 bits per heavy atom. The van der Waals surface area contributed by atoms with Gasteiger partial charge in [-0.15, -0.1) is 0 Å². The minimum Gasteiger partial charge on any atom is -0.367 e. The second-order valence-corrected chi connectivity index (χ2v) is 5.34. The van der Waals surface area contributed by atoms with E-state index in [1.54, 1.807) is 12.1 Å². The van der Waals surface area contributed by atoms with Gasteiger partial charge in [-0.25, -0.2) is 0 Å². The quantitative estimate of drug-likeness (QED) is 0.880. The number of Topliss-reactive ketones (excluding diaryl/α,β-unsaturated/α-hetero) is 1. The van der Waals surface area contributed by atoms with Crippen molar-refractivity contribution in [3.63, 3.8) is 0 Å². The van der Waals surface area contributed by atoms with Gasteiger partial charge in [-0.3, -0.25) is 14.5 Å². The number of amides is 1. The summed E-state index contributed by atoms with van der Waals surface area (Å²) in [5.74, 6) is -0.960. The maximum atomic E-state index is 12.0. The van der Waals surface area contributed by atoms with Crippen LogP contribution in [0.1, 0.15) is 10.4 Å². The molecule has 2 aromatic carbocycles. The van der Waals surface area contributed by atoms with E-state index in [-0.39, 0.29) is 6.67 Å². The molecule has 0 atom stereocenters. The summed E-state index contributed by atoms with van der Waals surface area (Å²) in [7, 11) is 0. The predicted octanol–water partition coefficient (Wildman–Crippen LogP) is 3.05. The number of para-hydroxylation sites is 1. The summed E-state index contributed by atoms with van der Waals surface area (Å²) in [4.78, 5) is 25.4. The molecule has 0 aliphatic carbocycles. The van der Waals surface area contributed by atoms with Gasteiger partial charge in [0.1, 0.15) is 0 Å². The van der Waals surface area contributed by atoms with Gasteiger partial charge in [0.25, 0.3) is 5.78 Å². The Labute approximate surface area is 124 Å². The van der Waals surface area contributed by atoms with Crippen LogP contribution < -0.4 is 10.2 Å². The molecule has 3 rings (SSSR count). The van der Waals surface area contributed by atoms with E-state index in [0.717, 1.165) is 10.2 Å².